The van der Waals surface area contributed by atoms with E-state index in [4.69, 9.17) is 5.11 Å². The van der Waals surface area contributed by atoms with Gasteiger partial charge in [-0.1, -0.05) is 6.92 Å². The lowest BCUT2D eigenvalue weighted by atomic mass is 10.2. The van der Waals surface area contributed by atoms with Gasteiger partial charge in [-0.15, -0.1) is 0 Å². The van der Waals surface area contributed by atoms with Gasteiger partial charge in [0.15, 0.2) is 0 Å². The molecule has 7 heteroatoms. The molecule has 1 N–H and O–H groups in total. The summed E-state index contributed by atoms with van der Waals surface area (Å²) in [4.78, 5) is 15.6. The molecule has 0 spiro atoms. The normalized spacial score (nSPS) is 11.8. The van der Waals surface area contributed by atoms with Crippen LogP contribution in [0.1, 0.15) is 23.0 Å². The summed E-state index contributed by atoms with van der Waals surface area (Å²) in [5.41, 5.74) is 0.420. The molecule has 100 valence electrons. The van der Waals surface area contributed by atoms with Crippen LogP contribution in [0.5, 0.6) is 0 Å². The van der Waals surface area contributed by atoms with E-state index in [-0.39, 0.29) is 18.7 Å². The number of aromatic carboxylic acids is 1. The summed E-state index contributed by atoms with van der Waals surface area (Å²) in [7, 11) is 0. The molecule has 1 rings (SSSR count). The number of hydrogen-bond donors (Lipinski definition) is 1. The van der Waals surface area contributed by atoms with Crippen molar-refractivity contribution in [3.05, 3.63) is 29.6 Å². The first kappa shape index (κ1) is 14.4. The van der Waals surface area contributed by atoms with Gasteiger partial charge in [0.25, 0.3) is 0 Å². The summed E-state index contributed by atoms with van der Waals surface area (Å²) in [5, 5.41) is 8.66. The number of aromatic nitrogens is 1. The van der Waals surface area contributed by atoms with Gasteiger partial charge in [-0.25, -0.2) is 4.79 Å². The van der Waals surface area contributed by atoms with Crippen molar-refractivity contribution in [3.63, 3.8) is 0 Å². The number of carboxylic acids is 1. The Bertz CT molecular complexity index is 404. The van der Waals surface area contributed by atoms with E-state index in [0.717, 1.165) is 6.20 Å². The fourth-order valence-electron chi connectivity index (χ4n) is 1.41. The standard InChI is InChI=1S/C11H13F3N2O2/c1-2-16(7-11(12,13)14)6-9-4-3-8(5-15-9)10(17)18/h3-5H,2,6-7H2,1H3,(H,17,18). The van der Waals surface area contributed by atoms with Gasteiger partial charge in [0.2, 0.25) is 0 Å². The van der Waals surface area contributed by atoms with Crippen LogP contribution < -0.4 is 0 Å². The second kappa shape index (κ2) is 5.81. The van der Waals surface area contributed by atoms with Crippen LogP contribution in [-0.4, -0.2) is 40.2 Å². The molecule has 0 saturated carbocycles. The Morgan fingerprint density at radius 3 is 2.50 bits per heavy atom. The Morgan fingerprint density at radius 2 is 2.11 bits per heavy atom. The van der Waals surface area contributed by atoms with Crippen molar-refractivity contribution in [1.29, 1.82) is 0 Å². The lowest BCUT2D eigenvalue weighted by Gasteiger charge is -2.21. The van der Waals surface area contributed by atoms with Crippen LogP contribution in [0.15, 0.2) is 18.3 Å². The fraction of sp³-hybridized carbons (Fsp3) is 0.455. The van der Waals surface area contributed by atoms with Crippen molar-refractivity contribution in [2.75, 3.05) is 13.1 Å². The highest BCUT2D eigenvalue weighted by molar-refractivity contribution is 5.87. The minimum Gasteiger partial charge on any atom is -0.478 e. The number of nitrogens with zero attached hydrogens (tertiary/aromatic N) is 2. The van der Waals surface area contributed by atoms with Gasteiger partial charge in [0.1, 0.15) is 0 Å². The number of pyridine rings is 1. The second-order valence-electron chi connectivity index (χ2n) is 3.76. The summed E-state index contributed by atoms with van der Waals surface area (Å²) in [6, 6.07) is 2.74. The number of halogens is 3. The Morgan fingerprint density at radius 1 is 1.44 bits per heavy atom. The molecule has 1 heterocycles. The first-order valence-electron chi connectivity index (χ1n) is 5.29. The van der Waals surface area contributed by atoms with E-state index in [0.29, 0.717) is 5.69 Å². The lowest BCUT2D eigenvalue weighted by molar-refractivity contribution is -0.146. The van der Waals surface area contributed by atoms with Crippen LogP contribution in [0.2, 0.25) is 0 Å². The summed E-state index contributed by atoms with van der Waals surface area (Å²) in [6.07, 6.45) is -3.11. The third kappa shape index (κ3) is 4.70. The maximum atomic E-state index is 12.2. The SMILES string of the molecule is CCN(Cc1ccc(C(=O)O)cn1)CC(F)(F)F. The summed E-state index contributed by atoms with van der Waals surface area (Å²) < 4.78 is 36.7. The van der Waals surface area contributed by atoms with Gasteiger partial charge in [-0.05, 0) is 18.7 Å². The van der Waals surface area contributed by atoms with E-state index in [9.17, 15) is 18.0 Å². The number of rotatable bonds is 5. The Kier molecular flexibility index (Phi) is 4.66. The molecule has 0 atom stereocenters. The topological polar surface area (TPSA) is 53.4 Å². The molecule has 0 aromatic carbocycles. The molecule has 0 aliphatic carbocycles. The van der Waals surface area contributed by atoms with Gasteiger partial charge in [0, 0.05) is 12.7 Å². The Labute approximate surface area is 102 Å². The first-order chi connectivity index (χ1) is 8.31. The molecule has 1 aromatic rings. The molecule has 0 radical (unpaired) electrons. The highest BCUT2D eigenvalue weighted by Crippen LogP contribution is 2.17. The van der Waals surface area contributed by atoms with E-state index < -0.39 is 18.7 Å². The van der Waals surface area contributed by atoms with E-state index in [1.54, 1.807) is 6.92 Å². The zero-order valence-corrected chi connectivity index (χ0v) is 9.74. The van der Waals surface area contributed by atoms with Gasteiger partial charge < -0.3 is 5.11 Å². The van der Waals surface area contributed by atoms with Gasteiger partial charge in [-0.3, -0.25) is 9.88 Å². The Balaban J connectivity index is 2.67. The van der Waals surface area contributed by atoms with Crippen LogP contribution in [0.4, 0.5) is 13.2 Å². The van der Waals surface area contributed by atoms with Gasteiger partial charge in [-0.2, -0.15) is 13.2 Å². The molecular weight excluding hydrogens is 249 g/mol. The first-order valence-corrected chi connectivity index (χ1v) is 5.29. The van der Waals surface area contributed by atoms with E-state index in [1.807, 2.05) is 0 Å². The molecule has 0 fully saturated rings. The Hall–Kier alpha value is -1.63. The molecule has 0 unspecified atom stereocenters. The highest BCUT2D eigenvalue weighted by Gasteiger charge is 2.30. The average molecular weight is 262 g/mol. The molecule has 0 aliphatic heterocycles. The quantitative estimate of drug-likeness (QED) is 0.883. The molecule has 0 bridgehead atoms. The molecule has 1 aromatic heterocycles. The number of carbonyl (C=O) groups is 1. The van der Waals surface area contributed by atoms with Crippen molar-refractivity contribution < 1.29 is 23.1 Å². The van der Waals surface area contributed by atoms with E-state index in [1.165, 1.54) is 17.0 Å². The summed E-state index contributed by atoms with van der Waals surface area (Å²) in [5.74, 6) is -1.11. The van der Waals surface area contributed by atoms with Crippen LogP contribution in [0.25, 0.3) is 0 Å². The summed E-state index contributed by atoms with van der Waals surface area (Å²) >= 11 is 0. The van der Waals surface area contributed by atoms with Crippen molar-refractivity contribution in [2.45, 2.75) is 19.6 Å². The molecule has 0 saturated heterocycles. The van der Waals surface area contributed by atoms with E-state index >= 15 is 0 Å². The third-order valence-electron chi connectivity index (χ3n) is 2.31. The predicted octanol–water partition coefficient (Wildman–Crippen LogP) is 2.16. The maximum absolute atomic E-state index is 12.2. The largest absolute Gasteiger partial charge is 0.478 e. The minimum atomic E-state index is -4.25. The molecule has 4 nitrogen and oxygen atoms in total. The molecule has 18 heavy (non-hydrogen) atoms. The minimum absolute atomic E-state index is 0.0117. The van der Waals surface area contributed by atoms with Gasteiger partial charge >= 0.3 is 12.1 Å². The predicted molar refractivity (Wildman–Crippen MR) is 58.2 cm³/mol. The smallest absolute Gasteiger partial charge is 0.401 e. The average Bonchev–Trinajstić information content (AvgIpc) is 2.27. The lowest BCUT2D eigenvalue weighted by Crippen LogP contribution is -2.33. The zero-order valence-electron chi connectivity index (χ0n) is 9.74. The van der Waals surface area contributed by atoms with Crippen LogP contribution in [0, 0.1) is 0 Å². The monoisotopic (exact) mass is 262 g/mol. The number of carboxylic acid groups (broad SMARTS) is 1. The highest BCUT2D eigenvalue weighted by atomic mass is 19.4. The van der Waals surface area contributed by atoms with Crippen LogP contribution in [0.3, 0.4) is 0 Å². The second-order valence-corrected chi connectivity index (χ2v) is 3.76. The van der Waals surface area contributed by atoms with Crippen molar-refractivity contribution in [3.8, 4) is 0 Å². The van der Waals surface area contributed by atoms with Crippen molar-refractivity contribution >= 4 is 5.97 Å². The third-order valence-corrected chi connectivity index (χ3v) is 2.31. The summed E-state index contributed by atoms with van der Waals surface area (Å²) in [6.45, 7) is 0.890. The van der Waals surface area contributed by atoms with Crippen molar-refractivity contribution in [2.24, 2.45) is 0 Å². The maximum Gasteiger partial charge on any atom is 0.401 e. The fourth-order valence-corrected chi connectivity index (χ4v) is 1.41. The molecule has 0 aliphatic rings. The van der Waals surface area contributed by atoms with Crippen LogP contribution >= 0.6 is 0 Å². The number of alkyl halides is 3. The van der Waals surface area contributed by atoms with E-state index in [2.05, 4.69) is 4.98 Å². The van der Waals surface area contributed by atoms with Gasteiger partial charge in [0.05, 0.1) is 17.8 Å². The van der Waals surface area contributed by atoms with Crippen LogP contribution in [-0.2, 0) is 6.54 Å². The number of hydrogen-bond acceptors (Lipinski definition) is 3. The molecular formula is C11H13F3N2O2. The van der Waals surface area contributed by atoms with Crippen molar-refractivity contribution in [1.82, 2.24) is 9.88 Å². The molecule has 0 amide bonds. The zero-order chi connectivity index (χ0) is 13.8.